The van der Waals surface area contributed by atoms with Gasteiger partial charge in [0.2, 0.25) is 0 Å². The van der Waals surface area contributed by atoms with Gasteiger partial charge in [-0.1, -0.05) is 6.92 Å². The molecule has 3 nitrogen and oxygen atoms in total. The molecule has 0 saturated heterocycles. The van der Waals surface area contributed by atoms with Crippen LogP contribution in [-0.2, 0) is 4.74 Å². The molecule has 3 heteroatoms. The molecule has 0 heterocycles. The Labute approximate surface area is 95.2 Å². The lowest BCUT2D eigenvalue weighted by Gasteiger charge is -2.38. The highest BCUT2D eigenvalue weighted by atomic mass is 16.5. The molecule has 0 radical (unpaired) electrons. The number of likely N-dealkylation sites (N-methyl/N-ethyl adjacent to an activating group) is 2. The van der Waals surface area contributed by atoms with E-state index in [1.165, 1.54) is 0 Å². The zero-order valence-electron chi connectivity index (χ0n) is 11.1. The lowest BCUT2D eigenvalue weighted by atomic mass is 9.98. The maximum atomic E-state index is 5.43. The van der Waals surface area contributed by atoms with Gasteiger partial charge < -0.3 is 10.1 Å². The topological polar surface area (TPSA) is 24.5 Å². The summed E-state index contributed by atoms with van der Waals surface area (Å²) >= 11 is 0. The minimum atomic E-state index is 0.237. The van der Waals surface area contributed by atoms with Crippen molar-refractivity contribution in [2.45, 2.75) is 39.7 Å². The van der Waals surface area contributed by atoms with E-state index in [0.29, 0.717) is 0 Å². The van der Waals surface area contributed by atoms with Crippen molar-refractivity contribution in [1.29, 1.82) is 0 Å². The van der Waals surface area contributed by atoms with Crippen molar-refractivity contribution in [2.75, 3.05) is 39.9 Å². The smallest absolute Gasteiger partial charge is 0.0483 e. The molecule has 0 aromatic carbocycles. The zero-order valence-corrected chi connectivity index (χ0v) is 11.1. The van der Waals surface area contributed by atoms with Crippen molar-refractivity contribution in [3.05, 3.63) is 0 Å². The SMILES string of the molecule is CCOCCC(C)(C)N(CC)CCNC. The summed E-state index contributed by atoms with van der Waals surface area (Å²) in [6.45, 7) is 13.8. The molecule has 0 aromatic heterocycles. The fraction of sp³-hybridized carbons (Fsp3) is 1.00. The first kappa shape index (κ1) is 14.9. The second-order valence-corrected chi connectivity index (χ2v) is 4.44. The fourth-order valence-corrected chi connectivity index (χ4v) is 1.76. The first-order valence-corrected chi connectivity index (χ1v) is 6.05. The first-order chi connectivity index (χ1) is 7.08. The second-order valence-electron chi connectivity index (χ2n) is 4.44. The lowest BCUT2D eigenvalue weighted by molar-refractivity contribution is 0.0665. The molecule has 0 aliphatic rings. The molecule has 15 heavy (non-hydrogen) atoms. The molecule has 1 N–H and O–H groups in total. The molecule has 0 amide bonds. The van der Waals surface area contributed by atoms with Gasteiger partial charge in [-0.2, -0.15) is 0 Å². The van der Waals surface area contributed by atoms with E-state index in [9.17, 15) is 0 Å². The van der Waals surface area contributed by atoms with E-state index < -0.39 is 0 Å². The van der Waals surface area contributed by atoms with Gasteiger partial charge in [0.1, 0.15) is 0 Å². The molecular formula is C12H28N2O. The maximum Gasteiger partial charge on any atom is 0.0483 e. The van der Waals surface area contributed by atoms with Gasteiger partial charge in [-0.15, -0.1) is 0 Å². The van der Waals surface area contributed by atoms with Crippen LogP contribution in [0.5, 0.6) is 0 Å². The van der Waals surface area contributed by atoms with Crippen LogP contribution in [-0.4, -0.2) is 50.3 Å². The summed E-state index contributed by atoms with van der Waals surface area (Å²) in [7, 11) is 2.00. The number of nitrogens with zero attached hydrogens (tertiary/aromatic N) is 1. The largest absolute Gasteiger partial charge is 0.382 e. The Hall–Kier alpha value is -0.120. The molecule has 0 aliphatic carbocycles. The second kappa shape index (κ2) is 8.08. The van der Waals surface area contributed by atoms with E-state index in [1.807, 2.05) is 14.0 Å². The van der Waals surface area contributed by atoms with Gasteiger partial charge in [-0.05, 0) is 40.8 Å². The number of hydrogen-bond acceptors (Lipinski definition) is 3. The molecule has 0 aromatic rings. The van der Waals surface area contributed by atoms with Crippen LogP contribution in [0.2, 0.25) is 0 Å². The van der Waals surface area contributed by atoms with Gasteiger partial charge in [-0.3, -0.25) is 4.90 Å². The first-order valence-electron chi connectivity index (χ1n) is 6.05. The Morgan fingerprint density at radius 1 is 1.27 bits per heavy atom. The van der Waals surface area contributed by atoms with E-state index in [-0.39, 0.29) is 5.54 Å². The monoisotopic (exact) mass is 216 g/mol. The van der Waals surface area contributed by atoms with E-state index in [4.69, 9.17) is 4.74 Å². The molecule has 0 bridgehead atoms. The highest BCUT2D eigenvalue weighted by Crippen LogP contribution is 2.18. The summed E-state index contributed by atoms with van der Waals surface area (Å²) in [4.78, 5) is 2.50. The molecular weight excluding hydrogens is 188 g/mol. The van der Waals surface area contributed by atoms with Crippen molar-refractivity contribution < 1.29 is 4.74 Å². The molecule has 0 atom stereocenters. The van der Waals surface area contributed by atoms with Crippen molar-refractivity contribution in [3.63, 3.8) is 0 Å². The van der Waals surface area contributed by atoms with E-state index in [2.05, 4.69) is 31.0 Å². The van der Waals surface area contributed by atoms with Crippen molar-refractivity contribution >= 4 is 0 Å². The van der Waals surface area contributed by atoms with E-state index in [1.54, 1.807) is 0 Å². The van der Waals surface area contributed by atoms with Crippen LogP contribution in [0.4, 0.5) is 0 Å². The van der Waals surface area contributed by atoms with Gasteiger partial charge in [0.25, 0.3) is 0 Å². The molecule has 0 rings (SSSR count). The highest BCUT2D eigenvalue weighted by Gasteiger charge is 2.24. The number of rotatable bonds is 9. The summed E-state index contributed by atoms with van der Waals surface area (Å²) in [5.74, 6) is 0. The third-order valence-corrected chi connectivity index (χ3v) is 2.93. The summed E-state index contributed by atoms with van der Waals surface area (Å²) in [6, 6.07) is 0. The summed E-state index contributed by atoms with van der Waals surface area (Å²) in [5, 5.41) is 3.20. The van der Waals surface area contributed by atoms with Crippen LogP contribution in [0, 0.1) is 0 Å². The van der Waals surface area contributed by atoms with Crippen LogP contribution >= 0.6 is 0 Å². The third-order valence-electron chi connectivity index (χ3n) is 2.93. The molecule has 0 fully saturated rings. The predicted molar refractivity (Wildman–Crippen MR) is 66.4 cm³/mol. The summed E-state index contributed by atoms with van der Waals surface area (Å²) in [5.41, 5.74) is 0.237. The van der Waals surface area contributed by atoms with Gasteiger partial charge >= 0.3 is 0 Å². The van der Waals surface area contributed by atoms with Gasteiger partial charge in [0.05, 0.1) is 0 Å². The standard InChI is InChI=1S/C12H28N2O/c1-6-14(10-9-13-5)12(3,4)8-11-15-7-2/h13H,6-11H2,1-5H3. The fourth-order valence-electron chi connectivity index (χ4n) is 1.76. The van der Waals surface area contributed by atoms with Crippen LogP contribution < -0.4 is 5.32 Å². The number of hydrogen-bond donors (Lipinski definition) is 1. The Kier molecular flexibility index (Phi) is 8.02. The maximum absolute atomic E-state index is 5.43. The van der Waals surface area contributed by atoms with Crippen LogP contribution in [0.15, 0.2) is 0 Å². The average Bonchev–Trinajstić information content (AvgIpc) is 2.19. The van der Waals surface area contributed by atoms with Crippen LogP contribution in [0.25, 0.3) is 0 Å². The minimum absolute atomic E-state index is 0.237. The number of nitrogens with one attached hydrogen (secondary N) is 1. The van der Waals surface area contributed by atoms with Gasteiger partial charge in [0.15, 0.2) is 0 Å². The summed E-state index contributed by atoms with van der Waals surface area (Å²) < 4.78 is 5.43. The lowest BCUT2D eigenvalue weighted by Crippen LogP contribution is -2.47. The summed E-state index contributed by atoms with van der Waals surface area (Å²) in [6.07, 6.45) is 1.10. The van der Waals surface area contributed by atoms with Crippen molar-refractivity contribution in [1.82, 2.24) is 10.2 Å². The Balaban J connectivity index is 3.99. The third kappa shape index (κ3) is 6.13. The normalized spacial score (nSPS) is 12.4. The van der Waals surface area contributed by atoms with Crippen LogP contribution in [0.1, 0.15) is 34.1 Å². The number of ether oxygens (including phenoxy) is 1. The molecule has 0 saturated carbocycles. The Morgan fingerprint density at radius 2 is 1.93 bits per heavy atom. The van der Waals surface area contributed by atoms with Gasteiger partial charge in [0, 0.05) is 31.8 Å². The molecule has 92 valence electrons. The van der Waals surface area contributed by atoms with E-state index in [0.717, 1.165) is 39.3 Å². The zero-order chi connectivity index (χ0) is 11.7. The quantitative estimate of drug-likeness (QED) is 0.594. The van der Waals surface area contributed by atoms with Gasteiger partial charge in [-0.25, -0.2) is 0 Å². The van der Waals surface area contributed by atoms with Crippen LogP contribution in [0.3, 0.4) is 0 Å². The van der Waals surface area contributed by atoms with Crippen molar-refractivity contribution in [2.24, 2.45) is 0 Å². The average molecular weight is 216 g/mol. The predicted octanol–water partition coefficient (Wildman–Crippen LogP) is 1.73. The highest BCUT2D eigenvalue weighted by molar-refractivity contribution is 4.81. The minimum Gasteiger partial charge on any atom is -0.382 e. The van der Waals surface area contributed by atoms with Crippen molar-refractivity contribution in [3.8, 4) is 0 Å². The van der Waals surface area contributed by atoms with E-state index >= 15 is 0 Å². The molecule has 0 unspecified atom stereocenters. The molecule has 0 spiro atoms. The Bertz CT molecular complexity index is 149. The Morgan fingerprint density at radius 3 is 2.40 bits per heavy atom. The molecule has 0 aliphatic heterocycles.